The molecule has 2 N–H and O–H groups in total. The first-order valence-electron chi connectivity index (χ1n) is 5.59. The van der Waals surface area contributed by atoms with Crippen LogP contribution in [0.15, 0.2) is 23.2 Å². The van der Waals surface area contributed by atoms with Gasteiger partial charge in [-0.3, -0.25) is 9.55 Å². The molecule has 11 heteroatoms. The van der Waals surface area contributed by atoms with Crippen molar-refractivity contribution in [1.29, 1.82) is 0 Å². The van der Waals surface area contributed by atoms with E-state index in [4.69, 9.17) is 5.73 Å². The van der Waals surface area contributed by atoms with Crippen molar-refractivity contribution < 1.29 is 13.2 Å². The van der Waals surface area contributed by atoms with Gasteiger partial charge in [0.1, 0.15) is 18.4 Å². The summed E-state index contributed by atoms with van der Waals surface area (Å²) in [5.74, 6) is -0.135. The van der Waals surface area contributed by atoms with Crippen molar-refractivity contribution in [3.8, 4) is 5.95 Å². The van der Waals surface area contributed by atoms with Crippen LogP contribution in [0.5, 0.6) is 0 Å². The van der Waals surface area contributed by atoms with E-state index in [2.05, 4.69) is 36.0 Å². The maximum atomic E-state index is 12.8. The molecule has 0 saturated carbocycles. The minimum Gasteiger partial charge on any atom is -0.368 e. The molecule has 0 aliphatic carbocycles. The van der Waals surface area contributed by atoms with Crippen LogP contribution in [0, 0.1) is 0 Å². The molecule has 3 aromatic heterocycles. The second-order valence-corrected chi connectivity index (χ2v) is 4.99. The van der Waals surface area contributed by atoms with Crippen LogP contribution in [-0.4, -0.2) is 35.5 Å². The molecular weight excluding hydrogens is 355 g/mol. The van der Waals surface area contributed by atoms with Crippen LogP contribution in [0.3, 0.4) is 0 Å². The van der Waals surface area contributed by atoms with E-state index in [0.717, 1.165) is 15.6 Å². The van der Waals surface area contributed by atoms with Crippen LogP contribution < -0.4 is 5.73 Å². The number of rotatable bonds is 2. The fourth-order valence-corrected chi connectivity index (χ4v) is 2.47. The van der Waals surface area contributed by atoms with Gasteiger partial charge in [-0.2, -0.15) is 27.9 Å². The molecule has 3 aromatic rings. The van der Waals surface area contributed by atoms with Gasteiger partial charge in [-0.1, -0.05) is 0 Å². The number of hydrogen-bond donors (Lipinski definition) is 1. The van der Waals surface area contributed by atoms with Crippen LogP contribution in [0.2, 0.25) is 0 Å². The lowest BCUT2D eigenvalue weighted by Gasteiger charge is -2.12. The standard InChI is InChI=1S/C10H7BrF3N7/c11-5-1-16-2-6-7(5)20(3-10(12,13)14)9(19-6)21-8(15)17-4-18-21/h1-2,4H,3H2,(H2,15,17,18). The Bertz CT molecular complexity index is 807. The Balaban J connectivity index is 2.31. The van der Waals surface area contributed by atoms with E-state index in [-0.39, 0.29) is 17.4 Å². The Morgan fingerprint density at radius 3 is 2.67 bits per heavy atom. The summed E-state index contributed by atoms with van der Waals surface area (Å²) in [5.41, 5.74) is 6.14. The van der Waals surface area contributed by atoms with Crippen molar-refractivity contribution in [3.63, 3.8) is 0 Å². The molecule has 0 bridgehead atoms. The maximum absolute atomic E-state index is 12.8. The first-order valence-corrected chi connectivity index (χ1v) is 6.38. The first-order chi connectivity index (χ1) is 9.87. The second-order valence-electron chi connectivity index (χ2n) is 4.13. The first kappa shape index (κ1) is 13.8. The number of alkyl halides is 3. The Hall–Kier alpha value is -2.17. The smallest absolute Gasteiger partial charge is 0.368 e. The Morgan fingerprint density at radius 2 is 2.05 bits per heavy atom. The molecule has 0 aliphatic rings. The normalized spacial score (nSPS) is 12.2. The highest BCUT2D eigenvalue weighted by atomic mass is 79.9. The fourth-order valence-electron chi connectivity index (χ4n) is 1.93. The number of aromatic nitrogens is 6. The number of fused-ring (bicyclic) bond motifs is 1. The molecule has 0 saturated heterocycles. The third-order valence-electron chi connectivity index (χ3n) is 2.69. The summed E-state index contributed by atoms with van der Waals surface area (Å²) in [6, 6.07) is 0. The Labute approximate surface area is 123 Å². The summed E-state index contributed by atoms with van der Waals surface area (Å²) in [7, 11) is 0. The zero-order chi connectivity index (χ0) is 15.2. The summed E-state index contributed by atoms with van der Waals surface area (Å²) >= 11 is 3.18. The van der Waals surface area contributed by atoms with E-state index in [1.165, 1.54) is 12.4 Å². The van der Waals surface area contributed by atoms with Gasteiger partial charge in [-0.05, 0) is 15.9 Å². The Morgan fingerprint density at radius 1 is 1.29 bits per heavy atom. The molecule has 0 amide bonds. The average molecular weight is 362 g/mol. The molecule has 3 heterocycles. The van der Waals surface area contributed by atoms with Crippen LogP contribution in [0.1, 0.15) is 0 Å². The number of imidazole rings is 1. The number of nitrogens with zero attached hydrogens (tertiary/aromatic N) is 6. The Kier molecular flexibility index (Phi) is 3.08. The molecule has 21 heavy (non-hydrogen) atoms. The van der Waals surface area contributed by atoms with Gasteiger partial charge in [0.25, 0.3) is 0 Å². The number of hydrogen-bond acceptors (Lipinski definition) is 5. The van der Waals surface area contributed by atoms with Gasteiger partial charge >= 0.3 is 6.18 Å². The maximum Gasteiger partial charge on any atom is 0.406 e. The summed E-state index contributed by atoms with van der Waals surface area (Å²) in [6.45, 7) is -1.24. The number of halogens is 4. The third-order valence-corrected chi connectivity index (χ3v) is 3.27. The van der Waals surface area contributed by atoms with Crippen LogP contribution in [0.4, 0.5) is 19.1 Å². The van der Waals surface area contributed by atoms with E-state index in [1.54, 1.807) is 0 Å². The number of nitrogen functional groups attached to an aromatic ring is 1. The fraction of sp³-hybridized carbons (Fsp3) is 0.200. The SMILES string of the molecule is Nc1ncnn1-c1nc2cncc(Br)c2n1CC(F)(F)F. The molecule has 0 atom stereocenters. The lowest BCUT2D eigenvalue weighted by Crippen LogP contribution is -2.21. The molecule has 0 spiro atoms. The lowest BCUT2D eigenvalue weighted by molar-refractivity contribution is -0.140. The van der Waals surface area contributed by atoms with E-state index < -0.39 is 12.7 Å². The van der Waals surface area contributed by atoms with E-state index in [9.17, 15) is 13.2 Å². The molecule has 0 unspecified atom stereocenters. The quantitative estimate of drug-likeness (QED) is 0.753. The van der Waals surface area contributed by atoms with E-state index in [1.807, 2.05) is 0 Å². The van der Waals surface area contributed by atoms with Crippen LogP contribution >= 0.6 is 15.9 Å². The minimum absolute atomic E-state index is 0.0576. The number of nitrogens with two attached hydrogens (primary N) is 1. The predicted molar refractivity (Wildman–Crippen MR) is 70.6 cm³/mol. The summed E-state index contributed by atoms with van der Waals surface area (Å²) in [5, 5.41) is 3.80. The van der Waals surface area contributed by atoms with Crippen molar-refractivity contribution >= 4 is 32.9 Å². The van der Waals surface area contributed by atoms with Gasteiger partial charge in [0.15, 0.2) is 0 Å². The molecule has 0 radical (unpaired) electrons. The highest BCUT2D eigenvalue weighted by Crippen LogP contribution is 2.29. The summed E-state index contributed by atoms with van der Waals surface area (Å²) in [6.07, 6.45) is -0.532. The van der Waals surface area contributed by atoms with Gasteiger partial charge in [-0.15, -0.1) is 0 Å². The molecular formula is C10H7BrF3N7. The summed E-state index contributed by atoms with van der Waals surface area (Å²) in [4.78, 5) is 11.7. The minimum atomic E-state index is -4.43. The largest absolute Gasteiger partial charge is 0.406 e. The number of anilines is 1. The van der Waals surface area contributed by atoms with Crippen LogP contribution in [-0.2, 0) is 6.54 Å². The highest BCUT2D eigenvalue weighted by molar-refractivity contribution is 9.10. The van der Waals surface area contributed by atoms with Crippen molar-refractivity contribution in [1.82, 2.24) is 29.3 Å². The van der Waals surface area contributed by atoms with E-state index in [0.29, 0.717) is 9.99 Å². The van der Waals surface area contributed by atoms with Gasteiger partial charge < -0.3 is 5.73 Å². The molecule has 0 fully saturated rings. The topological polar surface area (TPSA) is 87.4 Å². The van der Waals surface area contributed by atoms with Crippen molar-refractivity contribution in [3.05, 3.63) is 23.2 Å². The van der Waals surface area contributed by atoms with Gasteiger partial charge in [0.05, 0.1) is 16.2 Å². The van der Waals surface area contributed by atoms with Gasteiger partial charge in [-0.25, -0.2) is 4.98 Å². The second kappa shape index (κ2) is 4.69. The average Bonchev–Trinajstić information content (AvgIpc) is 2.92. The molecule has 0 aromatic carbocycles. The predicted octanol–water partition coefficient (Wildman–Crippen LogP) is 1.92. The van der Waals surface area contributed by atoms with Crippen LogP contribution in [0.25, 0.3) is 17.0 Å². The van der Waals surface area contributed by atoms with Crippen molar-refractivity contribution in [2.45, 2.75) is 12.7 Å². The van der Waals surface area contributed by atoms with Crippen molar-refractivity contribution in [2.75, 3.05) is 5.73 Å². The molecule has 110 valence electrons. The lowest BCUT2D eigenvalue weighted by atomic mass is 10.4. The molecule has 3 rings (SSSR count). The van der Waals surface area contributed by atoms with Gasteiger partial charge in [0.2, 0.25) is 11.9 Å². The monoisotopic (exact) mass is 361 g/mol. The highest BCUT2D eigenvalue weighted by Gasteiger charge is 2.31. The zero-order valence-corrected chi connectivity index (χ0v) is 11.8. The van der Waals surface area contributed by atoms with Crippen molar-refractivity contribution in [2.24, 2.45) is 0 Å². The molecule has 0 aliphatic heterocycles. The van der Waals surface area contributed by atoms with Gasteiger partial charge in [0, 0.05) is 6.20 Å². The molecule has 7 nitrogen and oxygen atoms in total. The number of pyridine rings is 1. The zero-order valence-electron chi connectivity index (χ0n) is 10.2. The third kappa shape index (κ3) is 2.44. The van der Waals surface area contributed by atoms with E-state index >= 15 is 0 Å². The summed E-state index contributed by atoms with van der Waals surface area (Å²) < 4.78 is 40.9.